The summed E-state index contributed by atoms with van der Waals surface area (Å²) >= 11 is 0. The molecule has 0 spiro atoms. The van der Waals surface area contributed by atoms with Crippen molar-refractivity contribution in [2.45, 2.75) is 116 Å². The maximum Gasteiger partial charge on any atom is 0.406 e. The third-order valence-corrected chi connectivity index (χ3v) is 11.6. The lowest BCUT2D eigenvalue weighted by molar-refractivity contribution is -0.150. The van der Waals surface area contributed by atoms with Gasteiger partial charge in [-0.3, -0.25) is 28.2 Å². The molecule has 4 rings (SSSR count). The first-order chi connectivity index (χ1) is 31.5. The molecule has 0 aromatic heterocycles. The van der Waals surface area contributed by atoms with E-state index in [0.717, 1.165) is 29.5 Å². The summed E-state index contributed by atoms with van der Waals surface area (Å²) < 4.78 is 42.7. The van der Waals surface area contributed by atoms with Crippen LogP contribution in [0.2, 0.25) is 0 Å². The highest BCUT2D eigenvalue weighted by molar-refractivity contribution is 7.51. The fourth-order valence-corrected chi connectivity index (χ4v) is 7.92. The Morgan fingerprint density at radius 1 is 0.523 bits per heavy atom. The molecule has 65 heavy (non-hydrogen) atoms. The molecule has 15 nitrogen and oxygen atoms in total. The standard InChI is InChI=1S/C49H63N4O11P/c1-38(51-46(55)30-28-43(52-45(54)27-15-6-16-32-50)48(57)61-35-40-21-9-3-10-22-40)18-17-33-63-65(59,64-37-42-25-13-5-14-26-42)53-44(49(58)62-36-41-23-11-4-12-24-41)29-31-47(56)60-34-39-19-7-2-8-20-39/h2-5,7-14,19-26,38,43-44H,6,15-18,27-37,50H2,1H3,(H,51,55)(H,52,54)(H,53,59)/t38-,43+,44+,65?/m1/s1. The highest BCUT2D eigenvalue weighted by atomic mass is 31.2. The average molecular weight is 915 g/mol. The van der Waals surface area contributed by atoms with Gasteiger partial charge in [-0.15, -0.1) is 0 Å². The van der Waals surface area contributed by atoms with E-state index < -0.39 is 37.7 Å². The Hall–Kier alpha value is -5.70. The van der Waals surface area contributed by atoms with Crippen LogP contribution in [0.15, 0.2) is 121 Å². The molecule has 0 aliphatic heterocycles. The molecule has 0 aliphatic carbocycles. The number of nitrogens with two attached hydrogens (primary N) is 1. The molecule has 0 bridgehead atoms. The summed E-state index contributed by atoms with van der Waals surface area (Å²) in [6.45, 7) is 2.15. The number of nitrogens with one attached hydrogen (secondary N) is 3. The van der Waals surface area contributed by atoms with E-state index in [1.54, 1.807) is 43.3 Å². The average Bonchev–Trinajstić information content (AvgIpc) is 3.33. The van der Waals surface area contributed by atoms with Gasteiger partial charge in [0.2, 0.25) is 11.8 Å². The van der Waals surface area contributed by atoms with E-state index in [4.69, 9.17) is 29.0 Å². The zero-order chi connectivity index (χ0) is 46.5. The van der Waals surface area contributed by atoms with Gasteiger partial charge in [0.15, 0.2) is 0 Å². The van der Waals surface area contributed by atoms with Gasteiger partial charge in [-0.05, 0) is 74.2 Å². The Morgan fingerprint density at radius 2 is 1.00 bits per heavy atom. The summed E-state index contributed by atoms with van der Waals surface area (Å²) in [5, 5.41) is 8.40. The highest BCUT2D eigenvalue weighted by Gasteiger charge is 2.34. The van der Waals surface area contributed by atoms with Crippen LogP contribution >= 0.6 is 7.75 Å². The van der Waals surface area contributed by atoms with E-state index in [-0.39, 0.29) is 83.0 Å². The van der Waals surface area contributed by atoms with Gasteiger partial charge >= 0.3 is 25.7 Å². The number of benzene rings is 4. The number of unbranched alkanes of at least 4 members (excludes halogenated alkanes) is 2. The molecule has 4 aromatic rings. The number of esters is 3. The Kier molecular flexibility index (Phi) is 23.7. The topological polar surface area (TPSA) is 211 Å². The van der Waals surface area contributed by atoms with Crippen molar-refractivity contribution in [1.29, 1.82) is 0 Å². The van der Waals surface area contributed by atoms with E-state index in [1.165, 1.54) is 0 Å². The Morgan fingerprint density at radius 3 is 1.54 bits per heavy atom. The number of carbonyl (C=O) groups excluding carboxylic acids is 5. The number of ether oxygens (including phenoxy) is 3. The van der Waals surface area contributed by atoms with Gasteiger partial charge in [0.05, 0.1) is 13.2 Å². The fraction of sp³-hybridized carbons (Fsp3) is 0.408. The lowest BCUT2D eigenvalue weighted by Crippen LogP contribution is -2.43. The molecule has 4 aromatic carbocycles. The van der Waals surface area contributed by atoms with Gasteiger partial charge in [0, 0.05) is 25.3 Å². The molecular formula is C49H63N4O11P. The van der Waals surface area contributed by atoms with Crippen LogP contribution in [0, 0.1) is 0 Å². The van der Waals surface area contributed by atoms with Crippen molar-refractivity contribution in [3.8, 4) is 0 Å². The van der Waals surface area contributed by atoms with Crippen LogP contribution in [-0.2, 0) is 78.2 Å². The number of carbonyl (C=O) groups is 5. The second-order valence-corrected chi connectivity index (χ2v) is 17.3. The quantitative estimate of drug-likeness (QED) is 0.0168. The van der Waals surface area contributed by atoms with Crippen LogP contribution in [0.25, 0.3) is 0 Å². The van der Waals surface area contributed by atoms with Crippen molar-refractivity contribution in [1.82, 2.24) is 15.7 Å². The third-order valence-electron chi connectivity index (χ3n) is 10.0. The minimum atomic E-state index is -4.25. The predicted molar refractivity (Wildman–Crippen MR) is 245 cm³/mol. The number of hydrogen-bond acceptors (Lipinski definition) is 12. The van der Waals surface area contributed by atoms with Crippen LogP contribution in [0.1, 0.15) is 93.4 Å². The van der Waals surface area contributed by atoms with E-state index in [2.05, 4.69) is 15.7 Å². The van der Waals surface area contributed by atoms with Crippen LogP contribution in [0.5, 0.6) is 0 Å². The van der Waals surface area contributed by atoms with E-state index in [1.807, 2.05) is 84.9 Å². The first-order valence-electron chi connectivity index (χ1n) is 22.1. The molecular weight excluding hydrogens is 852 g/mol. The summed E-state index contributed by atoms with van der Waals surface area (Å²) in [7, 11) is -4.25. The van der Waals surface area contributed by atoms with E-state index >= 15 is 0 Å². The van der Waals surface area contributed by atoms with Gasteiger partial charge in [-0.1, -0.05) is 128 Å². The van der Waals surface area contributed by atoms with Crippen molar-refractivity contribution < 1.29 is 51.8 Å². The normalized spacial score (nSPS) is 13.3. The second kappa shape index (κ2) is 29.7. The molecule has 2 amide bonds. The van der Waals surface area contributed by atoms with Gasteiger partial charge in [-0.2, -0.15) is 0 Å². The highest BCUT2D eigenvalue weighted by Crippen LogP contribution is 2.46. The molecule has 0 saturated heterocycles. The molecule has 16 heteroatoms. The number of hydrogen-bond donors (Lipinski definition) is 4. The van der Waals surface area contributed by atoms with Crippen LogP contribution in [-0.4, -0.2) is 61.0 Å². The van der Waals surface area contributed by atoms with Crippen molar-refractivity contribution in [2.75, 3.05) is 13.2 Å². The number of amides is 2. The molecule has 4 atom stereocenters. The van der Waals surface area contributed by atoms with Crippen molar-refractivity contribution in [3.63, 3.8) is 0 Å². The molecule has 0 radical (unpaired) electrons. The first kappa shape index (κ1) is 51.9. The van der Waals surface area contributed by atoms with Gasteiger partial charge < -0.3 is 30.6 Å². The van der Waals surface area contributed by atoms with Crippen LogP contribution in [0.4, 0.5) is 0 Å². The Balaban J connectivity index is 1.33. The molecule has 1 unspecified atom stereocenters. The van der Waals surface area contributed by atoms with Gasteiger partial charge in [0.1, 0.15) is 31.9 Å². The van der Waals surface area contributed by atoms with Crippen LogP contribution in [0.3, 0.4) is 0 Å². The summed E-state index contributed by atoms with van der Waals surface area (Å²) in [4.78, 5) is 65.3. The summed E-state index contributed by atoms with van der Waals surface area (Å²) in [5.41, 5.74) is 8.59. The fourth-order valence-electron chi connectivity index (χ4n) is 6.39. The summed E-state index contributed by atoms with van der Waals surface area (Å²) in [6.07, 6.45) is 2.78. The minimum Gasteiger partial charge on any atom is -0.461 e. The van der Waals surface area contributed by atoms with E-state index in [9.17, 15) is 28.5 Å². The predicted octanol–water partition coefficient (Wildman–Crippen LogP) is 7.37. The molecule has 350 valence electrons. The zero-order valence-electron chi connectivity index (χ0n) is 37.1. The smallest absolute Gasteiger partial charge is 0.406 e. The SMILES string of the molecule is C[C@H](CCCOP(=O)(N[C@@H](CCC(=O)OCc1ccccc1)C(=O)OCc1ccccc1)OCc1ccccc1)NC(=O)CC[C@H](NC(=O)CCCCCN)C(=O)OCc1ccccc1. The zero-order valence-corrected chi connectivity index (χ0v) is 38.0. The third kappa shape index (κ3) is 21.7. The largest absolute Gasteiger partial charge is 0.461 e. The maximum absolute atomic E-state index is 14.4. The molecule has 0 saturated carbocycles. The molecule has 0 fully saturated rings. The molecule has 0 heterocycles. The summed E-state index contributed by atoms with van der Waals surface area (Å²) in [5.74, 6) is -2.61. The molecule has 5 N–H and O–H groups in total. The lowest BCUT2D eigenvalue weighted by atomic mass is 10.1. The van der Waals surface area contributed by atoms with Crippen molar-refractivity contribution in [2.24, 2.45) is 5.73 Å². The Labute approximate surface area is 382 Å². The maximum atomic E-state index is 14.4. The monoisotopic (exact) mass is 914 g/mol. The molecule has 0 aliphatic rings. The van der Waals surface area contributed by atoms with Gasteiger partial charge in [-0.25, -0.2) is 14.4 Å². The van der Waals surface area contributed by atoms with Crippen LogP contribution < -0.4 is 21.5 Å². The lowest BCUT2D eigenvalue weighted by Gasteiger charge is -2.25. The van der Waals surface area contributed by atoms with E-state index in [0.29, 0.717) is 31.4 Å². The number of rotatable bonds is 31. The Bertz CT molecular complexity index is 2060. The van der Waals surface area contributed by atoms with Crippen molar-refractivity contribution in [3.05, 3.63) is 144 Å². The minimum absolute atomic E-state index is 0.0242. The second-order valence-electron chi connectivity index (χ2n) is 15.5. The summed E-state index contributed by atoms with van der Waals surface area (Å²) in [6, 6.07) is 33.7. The van der Waals surface area contributed by atoms with Gasteiger partial charge in [0.25, 0.3) is 0 Å². The van der Waals surface area contributed by atoms with Crippen molar-refractivity contribution >= 4 is 37.5 Å². The first-order valence-corrected chi connectivity index (χ1v) is 23.7.